The lowest BCUT2D eigenvalue weighted by Crippen LogP contribution is -2.44. The van der Waals surface area contributed by atoms with Crippen LogP contribution >= 0.6 is 0 Å². The molecule has 1 aromatic rings. The van der Waals surface area contributed by atoms with Crippen molar-refractivity contribution in [2.75, 3.05) is 6.54 Å². The molecule has 0 aliphatic heterocycles. The molecule has 0 amide bonds. The third-order valence-corrected chi connectivity index (χ3v) is 5.55. The van der Waals surface area contributed by atoms with Crippen LogP contribution in [0.15, 0.2) is 17.0 Å². The highest BCUT2D eigenvalue weighted by Crippen LogP contribution is 2.22. The van der Waals surface area contributed by atoms with Crippen molar-refractivity contribution >= 4 is 16.0 Å². The Morgan fingerprint density at radius 1 is 1.32 bits per heavy atom. The zero-order valence-corrected chi connectivity index (χ0v) is 14.3. The van der Waals surface area contributed by atoms with Gasteiger partial charge in [0.2, 0.25) is 10.0 Å². The molecule has 7 heteroatoms. The van der Waals surface area contributed by atoms with Gasteiger partial charge in [-0.15, -0.1) is 0 Å². The minimum absolute atomic E-state index is 0.0792. The maximum Gasteiger partial charge on any atom is 0.335 e. The molecular weight excluding hydrogens is 306 g/mol. The second-order valence-corrected chi connectivity index (χ2v) is 7.79. The van der Waals surface area contributed by atoms with Crippen LogP contribution in [0, 0.1) is 19.8 Å². The van der Waals surface area contributed by atoms with Crippen LogP contribution in [0.5, 0.6) is 0 Å². The van der Waals surface area contributed by atoms with Gasteiger partial charge in [0.15, 0.2) is 0 Å². The Kier molecular flexibility index (Phi) is 5.38. The summed E-state index contributed by atoms with van der Waals surface area (Å²) < 4.78 is 27.2. The van der Waals surface area contributed by atoms with E-state index in [0.29, 0.717) is 11.1 Å². The van der Waals surface area contributed by atoms with E-state index in [-0.39, 0.29) is 22.9 Å². The molecule has 3 N–H and O–H groups in total. The average molecular weight is 329 g/mol. The molecular formula is C15H23NO5S. The minimum atomic E-state index is -3.91. The topological polar surface area (TPSA) is 104 Å². The fraction of sp³-hybridized carbons (Fsp3) is 0.533. The lowest BCUT2D eigenvalue weighted by Gasteiger charge is -2.28. The Hall–Kier alpha value is -1.44. The fourth-order valence-electron chi connectivity index (χ4n) is 1.75. The lowest BCUT2D eigenvalue weighted by atomic mass is 9.93. The first-order chi connectivity index (χ1) is 9.88. The Bertz CT molecular complexity index is 677. The standard InChI is InChI=1S/C15H23NO5S/c1-9(2)15(5,19)8-16-22(20,21)13-7-12(14(17)18)6-10(3)11(13)4/h6-7,9,16,19H,8H2,1-5H3,(H,17,18). The summed E-state index contributed by atoms with van der Waals surface area (Å²) in [6.07, 6.45) is 0. The highest BCUT2D eigenvalue weighted by molar-refractivity contribution is 7.89. The Labute approximate surface area is 131 Å². The van der Waals surface area contributed by atoms with E-state index in [2.05, 4.69) is 4.72 Å². The number of carboxylic acids is 1. The van der Waals surface area contributed by atoms with Crippen LogP contribution in [-0.2, 0) is 10.0 Å². The number of rotatable bonds is 6. The SMILES string of the molecule is Cc1cc(C(=O)O)cc(S(=O)(=O)NCC(C)(O)C(C)C)c1C. The van der Waals surface area contributed by atoms with Gasteiger partial charge in [-0.05, 0) is 49.9 Å². The molecule has 0 spiro atoms. The summed E-state index contributed by atoms with van der Waals surface area (Å²) in [5, 5.41) is 19.2. The molecule has 0 aliphatic rings. The zero-order valence-electron chi connectivity index (χ0n) is 13.5. The zero-order chi connectivity index (χ0) is 17.3. The molecule has 0 radical (unpaired) electrons. The first kappa shape index (κ1) is 18.6. The predicted octanol–water partition coefficient (Wildman–Crippen LogP) is 1.69. The molecule has 0 aliphatic carbocycles. The second-order valence-electron chi connectivity index (χ2n) is 6.06. The summed E-state index contributed by atoms with van der Waals surface area (Å²) in [5.74, 6) is -1.32. The molecule has 0 saturated carbocycles. The largest absolute Gasteiger partial charge is 0.478 e. The van der Waals surface area contributed by atoms with E-state index in [0.717, 1.165) is 6.07 Å². The molecule has 0 saturated heterocycles. The monoisotopic (exact) mass is 329 g/mol. The van der Waals surface area contributed by atoms with Crippen molar-refractivity contribution in [3.63, 3.8) is 0 Å². The normalized spacial score (nSPS) is 14.9. The molecule has 1 rings (SSSR count). The van der Waals surface area contributed by atoms with Gasteiger partial charge in [-0.1, -0.05) is 13.8 Å². The molecule has 22 heavy (non-hydrogen) atoms. The van der Waals surface area contributed by atoms with Gasteiger partial charge < -0.3 is 10.2 Å². The maximum atomic E-state index is 12.4. The third-order valence-electron chi connectivity index (χ3n) is 4.02. The number of carbonyl (C=O) groups is 1. The van der Waals surface area contributed by atoms with Crippen LogP contribution in [0.25, 0.3) is 0 Å². The summed E-state index contributed by atoms with van der Waals surface area (Å²) in [7, 11) is -3.91. The van der Waals surface area contributed by atoms with Crippen molar-refractivity contribution < 1.29 is 23.4 Å². The van der Waals surface area contributed by atoms with E-state index >= 15 is 0 Å². The summed E-state index contributed by atoms with van der Waals surface area (Å²) >= 11 is 0. The first-order valence-electron chi connectivity index (χ1n) is 6.95. The molecule has 0 heterocycles. The van der Waals surface area contributed by atoms with Gasteiger partial charge in [0, 0.05) is 6.54 Å². The molecule has 0 bridgehead atoms. The van der Waals surface area contributed by atoms with Crippen LogP contribution in [0.4, 0.5) is 0 Å². The predicted molar refractivity (Wildman–Crippen MR) is 83.5 cm³/mol. The van der Waals surface area contributed by atoms with Gasteiger partial charge in [0.05, 0.1) is 16.1 Å². The van der Waals surface area contributed by atoms with Crippen LogP contribution in [0.3, 0.4) is 0 Å². The van der Waals surface area contributed by atoms with E-state index < -0.39 is 21.6 Å². The molecule has 1 atom stereocenters. The van der Waals surface area contributed by atoms with Crippen LogP contribution in [-0.4, -0.2) is 36.7 Å². The summed E-state index contributed by atoms with van der Waals surface area (Å²) in [4.78, 5) is 11.0. The Morgan fingerprint density at radius 3 is 2.32 bits per heavy atom. The highest BCUT2D eigenvalue weighted by atomic mass is 32.2. The molecule has 1 unspecified atom stereocenters. The summed E-state index contributed by atoms with van der Waals surface area (Å²) in [6.45, 7) is 8.25. The van der Waals surface area contributed by atoms with Gasteiger partial charge in [-0.3, -0.25) is 0 Å². The number of benzene rings is 1. The summed E-state index contributed by atoms with van der Waals surface area (Å²) in [5.41, 5.74) is -0.211. The molecule has 1 aromatic carbocycles. The number of sulfonamides is 1. The highest BCUT2D eigenvalue weighted by Gasteiger charge is 2.28. The van der Waals surface area contributed by atoms with E-state index in [1.165, 1.54) is 6.07 Å². The molecule has 0 aromatic heterocycles. The maximum absolute atomic E-state index is 12.4. The number of hydrogen-bond acceptors (Lipinski definition) is 4. The van der Waals surface area contributed by atoms with Gasteiger partial charge in [0.25, 0.3) is 0 Å². The first-order valence-corrected chi connectivity index (χ1v) is 8.43. The molecule has 124 valence electrons. The smallest absolute Gasteiger partial charge is 0.335 e. The van der Waals surface area contributed by atoms with Gasteiger partial charge in [-0.2, -0.15) is 0 Å². The van der Waals surface area contributed by atoms with Gasteiger partial charge >= 0.3 is 5.97 Å². The van der Waals surface area contributed by atoms with Crippen molar-refractivity contribution in [2.24, 2.45) is 5.92 Å². The van der Waals surface area contributed by atoms with Crippen LogP contribution in [0.1, 0.15) is 42.3 Å². The number of aryl methyl sites for hydroxylation is 1. The lowest BCUT2D eigenvalue weighted by molar-refractivity contribution is 0.0190. The third kappa shape index (κ3) is 4.06. The van der Waals surface area contributed by atoms with E-state index in [1.54, 1.807) is 34.6 Å². The van der Waals surface area contributed by atoms with Crippen molar-refractivity contribution in [2.45, 2.75) is 45.1 Å². The van der Waals surface area contributed by atoms with Crippen molar-refractivity contribution in [1.29, 1.82) is 0 Å². The van der Waals surface area contributed by atoms with Crippen LogP contribution < -0.4 is 4.72 Å². The number of aliphatic hydroxyl groups is 1. The quantitative estimate of drug-likeness (QED) is 0.737. The van der Waals surface area contributed by atoms with Gasteiger partial charge in [-0.25, -0.2) is 17.9 Å². The van der Waals surface area contributed by atoms with E-state index in [1.807, 2.05) is 0 Å². The molecule has 6 nitrogen and oxygen atoms in total. The van der Waals surface area contributed by atoms with Crippen molar-refractivity contribution in [3.8, 4) is 0 Å². The van der Waals surface area contributed by atoms with E-state index in [9.17, 15) is 18.3 Å². The fourth-order valence-corrected chi connectivity index (χ4v) is 3.24. The minimum Gasteiger partial charge on any atom is -0.478 e. The summed E-state index contributed by atoms with van der Waals surface area (Å²) in [6, 6.07) is 2.57. The van der Waals surface area contributed by atoms with Crippen molar-refractivity contribution in [3.05, 3.63) is 28.8 Å². The average Bonchev–Trinajstić information content (AvgIpc) is 2.39. The number of carboxylic acid groups (broad SMARTS) is 1. The van der Waals surface area contributed by atoms with Crippen molar-refractivity contribution in [1.82, 2.24) is 4.72 Å². The van der Waals surface area contributed by atoms with E-state index in [4.69, 9.17) is 5.11 Å². The number of aromatic carboxylic acids is 1. The van der Waals surface area contributed by atoms with Gasteiger partial charge in [0.1, 0.15) is 0 Å². The number of hydrogen-bond donors (Lipinski definition) is 3. The van der Waals surface area contributed by atoms with Crippen LogP contribution in [0.2, 0.25) is 0 Å². The second kappa shape index (κ2) is 6.36. The number of nitrogens with one attached hydrogen (secondary N) is 1. The Morgan fingerprint density at radius 2 is 1.86 bits per heavy atom. The molecule has 0 fully saturated rings. The Balaban J connectivity index is 3.21.